The van der Waals surface area contributed by atoms with Crippen LogP contribution in [-0.2, 0) is 6.61 Å². The van der Waals surface area contributed by atoms with E-state index in [9.17, 15) is 18.9 Å². The molecule has 3 N–H and O–H groups in total. The minimum absolute atomic E-state index is 0.292. The van der Waals surface area contributed by atoms with Crippen LogP contribution in [0, 0.1) is 10.1 Å². The minimum Gasteiger partial charge on any atom is -0.390 e. The Bertz CT molecular complexity index is 397. The van der Waals surface area contributed by atoms with E-state index in [4.69, 9.17) is 10.8 Å². The van der Waals surface area contributed by atoms with Crippen LogP contribution >= 0.6 is 0 Å². The van der Waals surface area contributed by atoms with Crippen molar-refractivity contribution in [2.24, 2.45) is 0 Å². The number of anilines is 1. The summed E-state index contributed by atoms with van der Waals surface area (Å²) in [6, 6.07) is 0.724. The smallest absolute Gasteiger partial charge is 0.302 e. The third-order valence-corrected chi connectivity index (χ3v) is 1.68. The third-order valence-electron chi connectivity index (χ3n) is 1.68. The van der Waals surface area contributed by atoms with Crippen LogP contribution in [0.3, 0.4) is 0 Å². The van der Waals surface area contributed by atoms with E-state index < -0.39 is 34.9 Å². The highest BCUT2D eigenvalue weighted by molar-refractivity contribution is 5.51. The fourth-order valence-electron chi connectivity index (χ4n) is 1.12. The van der Waals surface area contributed by atoms with E-state index in [1.54, 1.807) is 0 Å². The highest BCUT2D eigenvalue weighted by atomic mass is 19.3. The summed E-state index contributed by atoms with van der Waals surface area (Å²) in [5.74, 6) is -0.292. The molecule has 0 saturated heterocycles. The molecule has 0 aliphatic carbocycles. The zero-order valence-electron chi connectivity index (χ0n) is 7.35. The van der Waals surface area contributed by atoms with Gasteiger partial charge in [0.05, 0.1) is 11.5 Å². The molecule has 0 aliphatic heterocycles. The Morgan fingerprint density at radius 1 is 1.67 bits per heavy atom. The molecule has 0 spiro atoms. The van der Waals surface area contributed by atoms with Crippen LogP contribution in [0.4, 0.5) is 20.3 Å². The van der Waals surface area contributed by atoms with Crippen molar-refractivity contribution in [2.45, 2.75) is 13.0 Å². The van der Waals surface area contributed by atoms with Crippen molar-refractivity contribution in [3.8, 4) is 0 Å². The summed E-state index contributed by atoms with van der Waals surface area (Å²) in [5.41, 5.74) is 2.98. The molecule has 82 valence electrons. The number of hydrogen-bond acceptors (Lipinski definition) is 5. The highest BCUT2D eigenvalue weighted by Gasteiger charge is 2.27. The minimum atomic E-state index is -3.04. The molecule has 8 heteroatoms. The van der Waals surface area contributed by atoms with Gasteiger partial charge in [-0.05, 0) is 6.07 Å². The first-order chi connectivity index (χ1) is 6.97. The number of pyridine rings is 1. The summed E-state index contributed by atoms with van der Waals surface area (Å²) >= 11 is 0. The van der Waals surface area contributed by atoms with Gasteiger partial charge in [-0.3, -0.25) is 10.1 Å². The van der Waals surface area contributed by atoms with Crippen LogP contribution in [0.15, 0.2) is 6.07 Å². The van der Waals surface area contributed by atoms with Gasteiger partial charge in [0.1, 0.15) is 17.1 Å². The summed E-state index contributed by atoms with van der Waals surface area (Å²) in [5, 5.41) is 19.2. The van der Waals surface area contributed by atoms with Gasteiger partial charge < -0.3 is 10.8 Å². The molecule has 0 aliphatic rings. The first-order valence-corrected chi connectivity index (χ1v) is 3.80. The standard InChI is InChI=1S/C7H7F2N3O3/c8-7(9)3-1-5(10)11-4(2-13)6(3)12(14)15/h1,7,13H,2H2,(H2,10,11). The van der Waals surface area contributed by atoms with Crippen molar-refractivity contribution in [3.63, 3.8) is 0 Å². The number of aromatic nitrogens is 1. The number of aliphatic hydroxyl groups is 1. The van der Waals surface area contributed by atoms with Crippen LogP contribution in [0.5, 0.6) is 0 Å². The lowest BCUT2D eigenvalue weighted by Crippen LogP contribution is -2.06. The van der Waals surface area contributed by atoms with Crippen molar-refractivity contribution in [3.05, 3.63) is 27.4 Å². The molecule has 0 aromatic carbocycles. The molecule has 0 unspecified atom stereocenters. The van der Waals surface area contributed by atoms with Gasteiger partial charge in [0, 0.05) is 0 Å². The number of nitro groups is 1. The predicted octanol–water partition coefficient (Wildman–Crippen LogP) is 1.00. The maximum absolute atomic E-state index is 12.4. The summed E-state index contributed by atoms with van der Waals surface area (Å²) in [6.07, 6.45) is -3.04. The molecule has 0 atom stereocenters. The zero-order valence-corrected chi connectivity index (χ0v) is 7.35. The van der Waals surface area contributed by atoms with Gasteiger partial charge >= 0.3 is 5.69 Å². The fraction of sp³-hybridized carbons (Fsp3) is 0.286. The molecule has 6 nitrogen and oxygen atoms in total. The lowest BCUT2D eigenvalue weighted by atomic mass is 10.2. The quantitative estimate of drug-likeness (QED) is 0.583. The second-order valence-corrected chi connectivity index (χ2v) is 2.65. The third kappa shape index (κ3) is 2.15. The molecular weight excluding hydrogens is 212 g/mol. The molecule has 15 heavy (non-hydrogen) atoms. The van der Waals surface area contributed by atoms with E-state index >= 15 is 0 Å². The van der Waals surface area contributed by atoms with Crippen LogP contribution in [-0.4, -0.2) is 15.0 Å². The van der Waals surface area contributed by atoms with E-state index in [2.05, 4.69) is 4.98 Å². The molecular formula is C7H7F2N3O3. The first-order valence-electron chi connectivity index (χ1n) is 3.80. The van der Waals surface area contributed by atoms with Gasteiger partial charge in [-0.2, -0.15) is 0 Å². The molecule has 0 bridgehead atoms. The monoisotopic (exact) mass is 219 g/mol. The van der Waals surface area contributed by atoms with Gasteiger partial charge in [-0.15, -0.1) is 0 Å². The van der Waals surface area contributed by atoms with E-state index in [0.29, 0.717) is 0 Å². The number of aliphatic hydroxyl groups excluding tert-OH is 1. The van der Waals surface area contributed by atoms with Crippen LogP contribution in [0.25, 0.3) is 0 Å². The van der Waals surface area contributed by atoms with Crippen molar-refractivity contribution in [1.82, 2.24) is 4.98 Å². The lowest BCUT2D eigenvalue weighted by Gasteiger charge is -2.06. The Morgan fingerprint density at radius 2 is 2.27 bits per heavy atom. The molecule has 0 saturated carbocycles. The van der Waals surface area contributed by atoms with Gasteiger partial charge in [0.2, 0.25) is 0 Å². The number of nitrogens with two attached hydrogens (primary N) is 1. The number of nitrogens with zero attached hydrogens (tertiary/aromatic N) is 2. The Labute approximate surface area is 82.5 Å². The van der Waals surface area contributed by atoms with E-state index in [0.717, 1.165) is 6.07 Å². The topological polar surface area (TPSA) is 102 Å². The number of nitrogen functional groups attached to an aromatic ring is 1. The lowest BCUT2D eigenvalue weighted by molar-refractivity contribution is -0.387. The van der Waals surface area contributed by atoms with Crippen molar-refractivity contribution >= 4 is 11.5 Å². The summed E-state index contributed by atoms with van der Waals surface area (Å²) in [7, 11) is 0. The van der Waals surface area contributed by atoms with Gasteiger partial charge in [0.25, 0.3) is 6.43 Å². The fourth-order valence-corrected chi connectivity index (χ4v) is 1.12. The number of rotatable bonds is 3. The Balaban J connectivity index is 3.47. The zero-order chi connectivity index (χ0) is 11.6. The Morgan fingerprint density at radius 3 is 2.67 bits per heavy atom. The molecule has 0 amide bonds. The maximum atomic E-state index is 12.4. The van der Waals surface area contributed by atoms with Crippen molar-refractivity contribution in [1.29, 1.82) is 0 Å². The van der Waals surface area contributed by atoms with Crippen LogP contribution in [0.1, 0.15) is 17.7 Å². The normalized spacial score (nSPS) is 10.7. The largest absolute Gasteiger partial charge is 0.390 e. The molecule has 1 heterocycles. The second-order valence-electron chi connectivity index (χ2n) is 2.65. The number of alkyl halides is 2. The Hall–Kier alpha value is -1.83. The number of hydrogen-bond donors (Lipinski definition) is 2. The predicted molar refractivity (Wildman–Crippen MR) is 46.2 cm³/mol. The highest BCUT2D eigenvalue weighted by Crippen LogP contribution is 2.32. The molecule has 1 rings (SSSR count). The van der Waals surface area contributed by atoms with Crippen molar-refractivity contribution in [2.75, 3.05) is 5.73 Å². The van der Waals surface area contributed by atoms with Crippen molar-refractivity contribution < 1.29 is 18.8 Å². The molecule has 0 fully saturated rings. The van der Waals surface area contributed by atoms with Crippen LogP contribution < -0.4 is 5.73 Å². The second kappa shape index (κ2) is 4.13. The Kier molecular flexibility index (Phi) is 3.10. The average Bonchev–Trinajstić information content (AvgIpc) is 2.15. The first kappa shape index (κ1) is 11.2. The summed E-state index contributed by atoms with van der Waals surface area (Å²) in [4.78, 5) is 12.9. The van der Waals surface area contributed by atoms with Gasteiger partial charge in [-0.25, -0.2) is 13.8 Å². The van der Waals surface area contributed by atoms with E-state index in [-0.39, 0.29) is 5.82 Å². The average molecular weight is 219 g/mol. The van der Waals surface area contributed by atoms with Crippen LogP contribution in [0.2, 0.25) is 0 Å². The van der Waals surface area contributed by atoms with Gasteiger partial charge in [0.15, 0.2) is 0 Å². The summed E-state index contributed by atoms with van der Waals surface area (Å²) in [6.45, 7) is -0.818. The van der Waals surface area contributed by atoms with Gasteiger partial charge in [-0.1, -0.05) is 0 Å². The maximum Gasteiger partial charge on any atom is 0.302 e. The SMILES string of the molecule is Nc1cc(C(F)F)c([N+](=O)[O-])c(CO)n1. The molecule has 1 aromatic heterocycles. The van der Waals surface area contributed by atoms with E-state index in [1.807, 2.05) is 0 Å². The molecule has 1 aromatic rings. The number of halogens is 2. The summed E-state index contributed by atoms with van der Waals surface area (Å²) < 4.78 is 24.8. The van der Waals surface area contributed by atoms with E-state index in [1.165, 1.54) is 0 Å². The molecule has 0 radical (unpaired) electrons.